The molecule has 0 radical (unpaired) electrons. The van der Waals surface area contributed by atoms with Gasteiger partial charge >= 0.3 is 0 Å². The lowest BCUT2D eigenvalue weighted by molar-refractivity contribution is 0.686. The molecule has 0 saturated carbocycles. The summed E-state index contributed by atoms with van der Waals surface area (Å²) in [6.45, 7) is 2.63. The molecule has 0 aliphatic heterocycles. The van der Waals surface area contributed by atoms with Crippen LogP contribution in [-0.2, 0) is 0 Å². The van der Waals surface area contributed by atoms with Crippen LogP contribution in [0.3, 0.4) is 0 Å². The van der Waals surface area contributed by atoms with E-state index in [4.69, 9.17) is 5.73 Å². The third kappa shape index (κ3) is 3.38. The van der Waals surface area contributed by atoms with Crippen LogP contribution in [0.1, 0.15) is 6.92 Å². The number of nitrogens with zero attached hydrogens (tertiary/aromatic N) is 4. The van der Waals surface area contributed by atoms with Gasteiger partial charge in [-0.05, 0) is 19.1 Å². The van der Waals surface area contributed by atoms with Crippen LogP contribution in [-0.4, -0.2) is 34.6 Å². The maximum atomic E-state index is 5.66. The summed E-state index contributed by atoms with van der Waals surface area (Å²) in [4.78, 5) is 14.5. The molecule has 6 heteroatoms. The quantitative estimate of drug-likeness (QED) is 0.844. The normalized spacial score (nSPS) is 11.9. The smallest absolute Gasteiger partial charge is 0.135 e. The molecular formula is C13H18N6. The fourth-order valence-electron chi connectivity index (χ4n) is 1.58. The molecule has 0 aromatic carbocycles. The number of anilines is 3. The predicted octanol–water partition coefficient (Wildman–Crippen LogP) is 1.40. The van der Waals surface area contributed by atoms with Crippen molar-refractivity contribution in [2.45, 2.75) is 13.0 Å². The largest absolute Gasteiger partial charge is 0.356 e. The van der Waals surface area contributed by atoms with Crippen molar-refractivity contribution in [1.82, 2.24) is 15.0 Å². The lowest BCUT2D eigenvalue weighted by Gasteiger charge is -2.24. The highest BCUT2D eigenvalue weighted by atomic mass is 15.2. The summed E-state index contributed by atoms with van der Waals surface area (Å²) in [5, 5.41) is 3.18. The number of rotatable bonds is 5. The Balaban J connectivity index is 2.15. The lowest BCUT2D eigenvalue weighted by Crippen LogP contribution is -2.35. The third-order valence-electron chi connectivity index (χ3n) is 2.95. The molecule has 1 atom stereocenters. The average Bonchev–Trinajstić information content (AvgIpc) is 2.47. The Bertz CT molecular complexity index is 516. The summed E-state index contributed by atoms with van der Waals surface area (Å²) in [7, 11) is 1.97. The Labute approximate surface area is 112 Å². The van der Waals surface area contributed by atoms with Crippen molar-refractivity contribution in [2.75, 3.05) is 23.8 Å². The molecule has 0 spiro atoms. The zero-order chi connectivity index (χ0) is 13.7. The number of nitrogens with two attached hydrogens (primary N) is 1. The van der Waals surface area contributed by atoms with E-state index >= 15 is 0 Å². The molecule has 0 amide bonds. The van der Waals surface area contributed by atoms with E-state index in [1.807, 2.05) is 30.1 Å². The van der Waals surface area contributed by atoms with Crippen LogP contribution in [0.25, 0.3) is 0 Å². The van der Waals surface area contributed by atoms with Gasteiger partial charge in [-0.1, -0.05) is 0 Å². The predicted molar refractivity (Wildman–Crippen MR) is 76.5 cm³/mol. The van der Waals surface area contributed by atoms with Gasteiger partial charge in [0.1, 0.15) is 18.0 Å². The summed E-state index contributed by atoms with van der Waals surface area (Å²) in [5.74, 6) is 1.56. The first-order valence-corrected chi connectivity index (χ1v) is 6.12. The molecule has 2 aromatic heterocycles. The highest BCUT2D eigenvalue weighted by Gasteiger charge is 2.10. The van der Waals surface area contributed by atoms with E-state index in [9.17, 15) is 0 Å². The fraction of sp³-hybridized carbons (Fsp3) is 0.308. The van der Waals surface area contributed by atoms with Crippen molar-refractivity contribution in [3.05, 3.63) is 36.9 Å². The Kier molecular flexibility index (Phi) is 4.25. The molecule has 6 nitrogen and oxygen atoms in total. The highest BCUT2D eigenvalue weighted by molar-refractivity contribution is 5.58. The summed E-state index contributed by atoms with van der Waals surface area (Å²) >= 11 is 0. The summed E-state index contributed by atoms with van der Waals surface area (Å²) < 4.78 is 0. The van der Waals surface area contributed by atoms with Crippen LogP contribution in [0.4, 0.5) is 17.3 Å². The van der Waals surface area contributed by atoms with Gasteiger partial charge in [0.05, 0.1) is 11.9 Å². The molecule has 100 valence electrons. The van der Waals surface area contributed by atoms with Gasteiger partial charge in [0, 0.05) is 31.9 Å². The minimum atomic E-state index is 0.223. The molecule has 2 rings (SSSR count). The Morgan fingerprint density at radius 1 is 1.42 bits per heavy atom. The van der Waals surface area contributed by atoms with Crippen molar-refractivity contribution >= 4 is 17.3 Å². The van der Waals surface area contributed by atoms with Gasteiger partial charge in [0.15, 0.2) is 0 Å². The monoisotopic (exact) mass is 258 g/mol. The van der Waals surface area contributed by atoms with E-state index in [1.165, 1.54) is 6.33 Å². The SMILES string of the molecule is CC(CN)N(C)c1cc(Nc2cccnc2)ncn1. The second-order valence-electron chi connectivity index (χ2n) is 4.32. The van der Waals surface area contributed by atoms with Crippen molar-refractivity contribution < 1.29 is 0 Å². The molecule has 0 fully saturated rings. The van der Waals surface area contributed by atoms with Crippen LogP contribution < -0.4 is 16.0 Å². The van der Waals surface area contributed by atoms with Gasteiger partial charge < -0.3 is 16.0 Å². The van der Waals surface area contributed by atoms with Gasteiger partial charge in [-0.15, -0.1) is 0 Å². The van der Waals surface area contributed by atoms with E-state index in [0.29, 0.717) is 6.54 Å². The summed E-state index contributed by atoms with van der Waals surface area (Å²) in [6.07, 6.45) is 5.01. The molecule has 0 aliphatic rings. The number of hydrogen-bond donors (Lipinski definition) is 2. The molecule has 0 aliphatic carbocycles. The molecular weight excluding hydrogens is 240 g/mol. The molecule has 19 heavy (non-hydrogen) atoms. The van der Waals surface area contributed by atoms with E-state index in [0.717, 1.165) is 17.3 Å². The van der Waals surface area contributed by atoms with Crippen LogP contribution in [0.5, 0.6) is 0 Å². The third-order valence-corrected chi connectivity index (χ3v) is 2.95. The first-order chi connectivity index (χ1) is 9.20. The van der Waals surface area contributed by atoms with E-state index in [1.54, 1.807) is 12.4 Å². The van der Waals surface area contributed by atoms with Gasteiger partial charge in [-0.2, -0.15) is 0 Å². The maximum absolute atomic E-state index is 5.66. The zero-order valence-corrected chi connectivity index (χ0v) is 11.1. The molecule has 1 unspecified atom stereocenters. The molecule has 0 saturated heterocycles. The number of hydrogen-bond acceptors (Lipinski definition) is 6. The summed E-state index contributed by atoms with van der Waals surface area (Å²) in [5.41, 5.74) is 6.55. The Morgan fingerprint density at radius 2 is 2.26 bits per heavy atom. The van der Waals surface area contributed by atoms with Crippen LogP contribution in [0.15, 0.2) is 36.9 Å². The first kappa shape index (κ1) is 13.2. The second kappa shape index (κ2) is 6.10. The standard InChI is InChI=1S/C13H18N6/c1-10(7-14)19(2)13-6-12(16-9-17-13)18-11-4-3-5-15-8-11/h3-6,8-10H,7,14H2,1-2H3,(H,16,17,18). The van der Waals surface area contributed by atoms with Crippen molar-refractivity contribution in [2.24, 2.45) is 5.73 Å². The van der Waals surface area contributed by atoms with Crippen molar-refractivity contribution in [3.63, 3.8) is 0 Å². The van der Waals surface area contributed by atoms with Crippen molar-refractivity contribution in [1.29, 1.82) is 0 Å². The van der Waals surface area contributed by atoms with E-state index < -0.39 is 0 Å². The van der Waals surface area contributed by atoms with Crippen LogP contribution in [0.2, 0.25) is 0 Å². The topological polar surface area (TPSA) is 80.0 Å². The number of pyridine rings is 1. The van der Waals surface area contributed by atoms with Gasteiger partial charge in [-0.3, -0.25) is 4.98 Å². The molecule has 0 bridgehead atoms. The Hall–Kier alpha value is -2.21. The fourth-order valence-corrected chi connectivity index (χ4v) is 1.58. The number of nitrogens with one attached hydrogen (secondary N) is 1. The summed E-state index contributed by atoms with van der Waals surface area (Å²) in [6, 6.07) is 5.91. The zero-order valence-electron chi connectivity index (χ0n) is 11.1. The van der Waals surface area contributed by atoms with Crippen molar-refractivity contribution in [3.8, 4) is 0 Å². The molecule has 2 aromatic rings. The van der Waals surface area contributed by atoms with Crippen LogP contribution >= 0.6 is 0 Å². The van der Waals surface area contributed by atoms with Gasteiger partial charge in [0.2, 0.25) is 0 Å². The van der Waals surface area contributed by atoms with E-state index in [2.05, 4.69) is 27.2 Å². The van der Waals surface area contributed by atoms with E-state index in [-0.39, 0.29) is 6.04 Å². The lowest BCUT2D eigenvalue weighted by atomic mass is 10.3. The Morgan fingerprint density at radius 3 is 2.95 bits per heavy atom. The molecule has 2 heterocycles. The minimum Gasteiger partial charge on any atom is -0.356 e. The van der Waals surface area contributed by atoms with Gasteiger partial charge in [-0.25, -0.2) is 9.97 Å². The highest BCUT2D eigenvalue weighted by Crippen LogP contribution is 2.17. The number of likely N-dealkylation sites (N-methyl/N-ethyl adjacent to an activating group) is 1. The first-order valence-electron chi connectivity index (χ1n) is 6.12. The maximum Gasteiger partial charge on any atom is 0.135 e. The molecule has 3 N–H and O–H groups in total. The van der Waals surface area contributed by atoms with Gasteiger partial charge in [0.25, 0.3) is 0 Å². The minimum absolute atomic E-state index is 0.223. The average molecular weight is 258 g/mol. The second-order valence-corrected chi connectivity index (χ2v) is 4.32. The van der Waals surface area contributed by atoms with Crippen LogP contribution in [0, 0.1) is 0 Å². The number of aromatic nitrogens is 3.